The number of methoxy groups -OCH3 is 1. The first-order valence-corrected chi connectivity index (χ1v) is 11.0. The smallest absolute Gasteiger partial charge is 0.230 e. The molecule has 1 amide bonds. The van der Waals surface area contributed by atoms with Crippen LogP contribution in [0.4, 0.5) is 5.69 Å². The highest BCUT2D eigenvalue weighted by Crippen LogP contribution is 2.31. The number of benzene rings is 1. The summed E-state index contributed by atoms with van der Waals surface area (Å²) in [4.78, 5) is 19.6. The van der Waals surface area contributed by atoms with Gasteiger partial charge in [0.25, 0.3) is 0 Å². The second-order valence-electron chi connectivity index (χ2n) is 7.93. The van der Waals surface area contributed by atoms with E-state index in [9.17, 15) is 4.79 Å². The van der Waals surface area contributed by atoms with Gasteiger partial charge in [-0.05, 0) is 55.0 Å². The minimum Gasteiger partial charge on any atom is -0.481 e. The maximum Gasteiger partial charge on any atom is 0.230 e. The zero-order valence-corrected chi connectivity index (χ0v) is 17.8. The van der Waals surface area contributed by atoms with Crippen molar-refractivity contribution in [1.82, 2.24) is 4.98 Å². The van der Waals surface area contributed by atoms with Crippen molar-refractivity contribution in [3.8, 4) is 23.1 Å². The minimum atomic E-state index is 0.127. The van der Waals surface area contributed by atoms with Gasteiger partial charge in [0, 0.05) is 36.8 Å². The highest BCUT2D eigenvalue weighted by Gasteiger charge is 2.26. The first-order valence-electron chi connectivity index (χ1n) is 11.0. The van der Waals surface area contributed by atoms with E-state index in [4.69, 9.17) is 10.00 Å². The van der Waals surface area contributed by atoms with E-state index in [0.717, 1.165) is 61.8 Å². The van der Waals surface area contributed by atoms with E-state index in [1.54, 1.807) is 13.3 Å². The van der Waals surface area contributed by atoms with Crippen molar-refractivity contribution in [3.63, 3.8) is 0 Å². The number of rotatable bonds is 9. The first-order chi connectivity index (χ1) is 14.7. The zero-order chi connectivity index (χ0) is 21.2. The molecular formula is C25H31N3O2. The van der Waals surface area contributed by atoms with Crippen LogP contribution < -0.4 is 9.64 Å². The summed E-state index contributed by atoms with van der Waals surface area (Å²) in [5.41, 5.74) is 3.00. The van der Waals surface area contributed by atoms with Crippen LogP contribution in [0.2, 0.25) is 0 Å². The molecule has 0 N–H and O–H groups in total. The summed E-state index contributed by atoms with van der Waals surface area (Å²) in [5.74, 6) is 0.951. The van der Waals surface area contributed by atoms with E-state index in [1.165, 1.54) is 6.42 Å². The molecule has 5 heteroatoms. The lowest BCUT2D eigenvalue weighted by atomic mass is 9.88. The van der Waals surface area contributed by atoms with Gasteiger partial charge in [-0.3, -0.25) is 4.79 Å². The van der Waals surface area contributed by atoms with Gasteiger partial charge in [0.05, 0.1) is 13.2 Å². The molecule has 1 aromatic carbocycles. The number of nitriles is 1. The van der Waals surface area contributed by atoms with E-state index < -0.39 is 0 Å². The summed E-state index contributed by atoms with van der Waals surface area (Å²) in [6.45, 7) is 0.698. The average molecular weight is 406 g/mol. The van der Waals surface area contributed by atoms with Crippen LogP contribution in [-0.2, 0) is 4.79 Å². The lowest BCUT2D eigenvalue weighted by Crippen LogP contribution is -2.37. The molecular weight excluding hydrogens is 374 g/mol. The molecule has 1 heterocycles. The number of amides is 1. The fourth-order valence-electron chi connectivity index (χ4n) is 4.14. The number of carbonyl (C=O) groups excluding carboxylic acids is 1. The molecule has 0 radical (unpaired) electrons. The Hall–Kier alpha value is -2.87. The molecule has 0 spiro atoms. The number of unbranched alkanes of at least 4 members (excludes halogenated alkanes) is 3. The van der Waals surface area contributed by atoms with Gasteiger partial charge in [-0.25, -0.2) is 4.98 Å². The van der Waals surface area contributed by atoms with Crippen LogP contribution in [-0.4, -0.2) is 24.5 Å². The van der Waals surface area contributed by atoms with E-state index in [2.05, 4.69) is 23.2 Å². The van der Waals surface area contributed by atoms with Gasteiger partial charge >= 0.3 is 0 Å². The topological polar surface area (TPSA) is 66.2 Å². The van der Waals surface area contributed by atoms with Crippen LogP contribution in [0.25, 0.3) is 11.1 Å². The van der Waals surface area contributed by atoms with Crippen molar-refractivity contribution in [2.45, 2.75) is 57.8 Å². The number of nitrogens with zero attached hydrogens (tertiary/aromatic N) is 3. The molecule has 1 aliphatic rings. The Morgan fingerprint density at radius 1 is 1.13 bits per heavy atom. The summed E-state index contributed by atoms with van der Waals surface area (Å²) in [6.07, 6.45) is 10.6. The SMILES string of the molecule is COc1cc(-c2cccc(N(CCCCCC#N)C(=O)C3CCCCC3)c2)ccn1. The van der Waals surface area contributed by atoms with Crippen LogP contribution in [0.3, 0.4) is 0 Å². The maximum absolute atomic E-state index is 13.4. The maximum atomic E-state index is 13.4. The fraction of sp³-hybridized carbons (Fsp3) is 0.480. The molecule has 5 nitrogen and oxygen atoms in total. The first kappa shape index (κ1) is 21.8. The standard InChI is InChI=1S/C25H31N3O2/c1-30-24-19-22(14-16-27-24)21-12-9-13-23(18-21)28(17-8-3-2-7-15-26)25(29)20-10-5-4-6-11-20/h9,12-14,16,18-20H,2-8,10-11,17H2,1H3. The molecule has 1 aliphatic carbocycles. The molecule has 0 aliphatic heterocycles. The lowest BCUT2D eigenvalue weighted by molar-refractivity contribution is -0.123. The molecule has 1 fully saturated rings. The van der Waals surface area contributed by atoms with Crippen LogP contribution in [0.15, 0.2) is 42.6 Å². The van der Waals surface area contributed by atoms with Crippen LogP contribution in [0.5, 0.6) is 5.88 Å². The third-order valence-corrected chi connectivity index (χ3v) is 5.83. The van der Waals surface area contributed by atoms with Crippen LogP contribution in [0, 0.1) is 17.2 Å². The number of ether oxygens (including phenoxy) is 1. The summed E-state index contributed by atoms with van der Waals surface area (Å²) < 4.78 is 5.26. The predicted octanol–water partition coefficient (Wildman–Crippen LogP) is 5.75. The third kappa shape index (κ3) is 5.82. The van der Waals surface area contributed by atoms with Crippen LogP contribution in [0.1, 0.15) is 57.8 Å². The van der Waals surface area contributed by atoms with Crippen molar-refractivity contribution in [1.29, 1.82) is 5.26 Å². The van der Waals surface area contributed by atoms with Gasteiger partial charge in [0.15, 0.2) is 0 Å². The van der Waals surface area contributed by atoms with Gasteiger partial charge < -0.3 is 9.64 Å². The quantitative estimate of drug-likeness (QED) is 0.498. The Bertz CT molecular complexity index is 869. The Labute approximate surface area is 179 Å². The molecule has 0 atom stereocenters. The monoisotopic (exact) mass is 405 g/mol. The normalized spacial score (nSPS) is 14.1. The van der Waals surface area contributed by atoms with E-state index in [1.807, 2.05) is 29.2 Å². The zero-order valence-electron chi connectivity index (χ0n) is 17.8. The van der Waals surface area contributed by atoms with Crippen LogP contribution >= 0.6 is 0 Å². The lowest BCUT2D eigenvalue weighted by Gasteiger charge is -2.30. The molecule has 1 saturated carbocycles. The molecule has 0 saturated heterocycles. The molecule has 2 aromatic rings. The predicted molar refractivity (Wildman–Crippen MR) is 119 cm³/mol. The van der Waals surface area contributed by atoms with E-state index >= 15 is 0 Å². The van der Waals surface area contributed by atoms with Crippen molar-refractivity contribution in [2.75, 3.05) is 18.6 Å². The molecule has 30 heavy (non-hydrogen) atoms. The Kier molecular flexibility index (Phi) is 8.26. The van der Waals surface area contributed by atoms with E-state index in [0.29, 0.717) is 18.8 Å². The molecule has 3 rings (SSSR count). The second-order valence-corrected chi connectivity index (χ2v) is 7.93. The average Bonchev–Trinajstić information content (AvgIpc) is 2.81. The van der Waals surface area contributed by atoms with Crippen molar-refractivity contribution >= 4 is 11.6 Å². The molecule has 0 unspecified atom stereocenters. The number of hydrogen-bond donors (Lipinski definition) is 0. The van der Waals surface area contributed by atoms with Gasteiger partial charge in [-0.1, -0.05) is 37.8 Å². The summed E-state index contributed by atoms with van der Waals surface area (Å²) in [7, 11) is 1.61. The molecule has 0 bridgehead atoms. The highest BCUT2D eigenvalue weighted by molar-refractivity contribution is 5.95. The number of carbonyl (C=O) groups is 1. The van der Waals surface area contributed by atoms with Gasteiger partial charge in [-0.15, -0.1) is 0 Å². The minimum absolute atomic E-state index is 0.127. The number of aromatic nitrogens is 1. The van der Waals surface area contributed by atoms with Crippen molar-refractivity contribution < 1.29 is 9.53 Å². The van der Waals surface area contributed by atoms with Crippen molar-refractivity contribution in [2.24, 2.45) is 5.92 Å². The molecule has 158 valence electrons. The van der Waals surface area contributed by atoms with Gasteiger partial charge in [0.1, 0.15) is 0 Å². The summed E-state index contributed by atoms with van der Waals surface area (Å²) >= 11 is 0. The number of hydrogen-bond acceptors (Lipinski definition) is 4. The third-order valence-electron chi connectivity index (χ3n) is 5.83. The number of anilines is 1. The largest absolute Gasteiger partial charge is 0.481 e. The molecule has 1 aromatic heterocycles. The van der Waals surface area contributed by atoms with E-state index in [-0.39, 0.29) is 11.8 Å². The van der Waals surface area contributed by atoms with Crippen molar-refractivity contribution in [3.05, 3.63) is 42.6 Å². The summed E-state index contributed by atoms with van der Waals surface area (Å²) in [6, 6.07) is 14.2. The Morgan fingerprint density at radius 2 is 1.93 bits per heavy atom. The van der Waals surface area contributed by atoms with Gasteiger partial charge in [0.2, 0.25) is 11.8 Å². The fourth-order valence-corrected chi connectivity index (χ4v) is 4.14. The second kappa shape index (κ2) is 11.3. The Morgan fingerprint density at radius 3 is 2.70 bits per heavy atom. The van der Waals surface area contributed by atoms with Gasteiger partial charge in [-0.2, -0.15) is 5.26 Å². The summed E-state index contributed by atoms with van der Waals surface area (Å²) in [5, 5.41) is 8.76. The number of pyridine rings is 1. The Balaban J connectivity index is 1.82. The highest BCUT2D eigenvalue weighted by atomic mass is 16.5.